The highest BCUT2D eigenvalue weighted by molar-refractivity contribution is 7.16. The number of aromatic nitrogens is 3. The molecule has 3 rings (SSSR count). The van der Waals surface area contributed by atoms with E-state index < -0.39 is 0 Å². The summed E-state index contributed by atoms with van der Waals surface area (Å²) in [7, 11) is 0. The summed E-state index contributed by atoms with van der Waals surface area (Å²) < 4.78 is 7.11. The third-order valence-corrected chi connectivity index (χ3v) is 4.16. The fraction of sp³-hybridized carbons (Fsp3) is 0.615. The smallest absolute Gasteiger partial charge is 0.275 e. The summed E-state index contributed by atoms with van der Waals surface area (Å²) in [5.74, 6) is 0. The molecule has 108 valence electrons. The average Bonchev–Trinajstić information content (AvgIpc) is 2.70. The lowest BCUT2D eigenvalue weighted by atomic mass is 10.2. The van der Waals surface area contributed by atoms with Crippen molar-refractivity contribution >= 4 is 16.3 Å². The Labute approximate surface area is 121 Å². The predicted molar refractivity (Wildman–Crippen MR) is 77.2 cm³/mol. The maximum Gasteiger partial charge on any atom is 0.275 e. The van der Waals surface area contributed by atoms with Gasteiger partial charge in [0.05, 0.1) is 18.8 Å². The van der Waals surface area contributed by atoms with Crippen molar-refractivity contribution in [3.63, 3.8) is 0 Å². The van der Waals surface area contributed by atoms with Gasteiger partial charge in [0, 0.05) is 24.8 Å². The summed E-state index contributed by atoms with van der Waals surface area (Å²) in [6.07, 6.45) is 0.465. The molecule has 3 heterocycles. The van der Waals surface area contributed by atoms with E-state index >= 15 is 0 Å². The zero-order valence-corrected chi connectivity index (χ0v) is 12.7. The third-order valence-electron chi connectivity index (χ3n) is 3.27. The fourth-order valence-electron chi connectivity index (χ4n) is 2.63. The normalized spacial score (nSPS) is 24.4. The van der Waals surface area contributed by atoms with Gasteiger partial charge in [-0.3, -0.25) is 9.69 Å². The highest BCUT2D eigenvalue weighted by atomic mass is 32.1. The Bertz CT molecular complexity index is 671. The Morgan fingerprint density at radius 2 is 2.10 bits per heavy atom. The van der Waals surface area contributed by atoms with Crippen molar-refractivity contribution in [2.24, 2.45) is 0 Å². The number of rotatable bonds is 2. The van der Waals surface area contributed by atoms with E-state index in [4.69, 9.17) is 4.74 Å². The highest BCUT2D eigenvalue weighted by Gasteiger charge is 2.23. The third kappa shape index (κ3) is 2.74. The lowest BCUT2D eigenvalue weighted by molar-refractivity contribution is -0.0705. The van der Waals surface area contributed by atoms with Crippen molar-refractivity contribution in [1.82, 2.24) is 19.5 Å². The van der Waals surface area contributed by atoms with Gasteiger partial charge in [-0.2, -0.15) is 9.61 Å². The Morgan fingerprint density at radius 3 is 2.80 bits per heavy atom. The first-order chi connectivity index (χ1) is 9.51. The molecule has 1 saturated heterocycles. The molecule has 2 aromatic rings. The number of fused-ring (bicyclic) bond motifs is 1. The van der Waals surface area contributed by atoms with Crippen LogP contribution in [0.4, 0.5) is 0 Å². The predicted octanol–water partition coefficient (Wildman–Crippen LogP) is 1.07. The first kappa shape index (κ1) is 13.7. The van der Waals surface area contributed by atoms with Crippen molar-refractivity contribution in [3.05, 3.63) is 27.1 Å². The second kappa shape index (κ2) is 5.23. The van der Waals surface area contributed by atoms with Crippen LogP contribution in [0, 0.1) is 6.92 Å². The van der Waals surface area contributed by atoms with Crippen molar-refractivity contribution in [2.75, 3.05) is 13.1 Å². The van der Waals surface area contributed by atoms with Crippen LogP contribution in [0.3, 0.4) is 0 Å². The molecule has 0 N–H and O–H groups in total. The van der Waals surface area contributed by atoms with E-state index in [0.29, 0.717) is 4.96 Å². The van der Waals surface area contributed by atoms with Crippen LogP contribution < -0.4 is 5.56 Å². The average molecular weight is 294 g/mol. The van der Waals surface area contributed by atoms with Crippen LogP contribution in [0.1, 0.15) is 24.5 Å². The summed E-state index contributed by atoms with van der Waals surface area (Å²) in [6.45, 7) is 8.51. The van der Waals surface area contributed by atoms with Crippen molar-refractivity contribution < 1.29 is 4.74 Å². The first-order valence-electron chi connectivity index (χ1n) is 6.75. The summed E-state index contributed by atoms with van der Waals surface area (Å²) in [5.41, 5.74) is 0.623. The highest BCUT2D eigenvalue weighted by Crippen LogP contribution is 2.17. The van der Waals surface area contributed by atoms with Crippen LogP contribution in [0.2, 0.25) is 0 Å². The van der Waals surface area contributed by atoms with Gasteiger partial charge in [0.1, 0.15) is 5.01 Å². The van der Waals surface area contributed by atoms with Gasteiger partial charge < -0.3 is 4.74 Å². The molecule has 0 aromatic carbocycles. The van der Waals surface area contributed by atoms with Gasteiger partial charge in [0.25, 0.3) is 5.56 Å². The molecular weight excluding hydrogens is 276 g/mol. The topological polar surface area (TPSA) is 59.7 Å². The van der Waals surface area contributed by atoms with E-state index in [1.807, 2.05) is 6.92 Å². The standard InChI is InChI=1S/C13H18N4O2S/c1-8-4-12(18)17-13(14-8)20-11(15-17)7-16-5-9(2)19-10(3)6-16/h4,9-10H,5-7H2,1-3H3. The van der Waals surface area contributed by atoms with Gasteiger partial charge in [-0.05, 0) is 20.8 Å². The molecule has 0 radical (unpaired) electrons. The number of aryl methyl sites for hydroxylation is 1. The Hall–Kier alpha value is -1.31. The number of hydrogen-bond donors (Lipinski definition) is 0. The maximum atomic E-state index is 11.8. The summed E-state index contributed by atoms with van der Waals surface area (Å²) in [5, 5.41) is 5.29. The molecule has 2 aromatic heterocycles. The Balaban J connectivity index is 1.84. The van der Waals surface area contributed by atoms with Crippen LogP contribution in [0.5, 0.6) is 0 Å². The molecule has 1 aliphatic heterocycles. The largest absolute Gasteiger partial charge is 0.373 e. The Kier molecular flexibility index (Phi) is 3.57. The van der Waals surface area contributed by atoms with Gasteiger partial charge >= 0.3 is 0 Å². The minimum absolute atomic E-state index is 0.112. The first-order valence-corrected chi connectivity index (χ1v) is 7.57. The van der Waals surface area contributed by atoms with Crippen molar-refractivity contribution in [3.8, 4) is 0 Å². The lowest BCUT2D eigenvalue weighted by Crippen LogP contribution is -2.44. The lowest BCUT2D eigenvalue weighted by Gasteiger charge is -2.34. The summed E-state index contributed by atoms with van der Waals surface area (Å²) in [6, 6.07) is 1.51. The molecule has 2 atom stereocenters. The van der Waals surface area contributed by atoms with E-state index in [2.05, 4.69) is 28.8 Å². The molecular formula is C13H18N4O2S. The monoisotopic (exact) mass is 294 g/mol. The molecule has 0 amide bonds. The molecule has 7 heteroatoms. The molecule has 0 saturated carbocycles. The van der Waals surface area contributed by atoms with Gasteiger partial charge in [0.15, 0.2) is 0 Å². The van der Waals surface area contributed by atoms with Gasteiger partial charge in [-0.15, -0.1) is 0 Å². The van der Waals surface area contributed by atoms with Crippen molar-refractivity contribution in [1.29, 1.82) is 0 Å². The molecule has 6 nitrogen and oxygen atoms in total. The summed E-state index contributed by atoms with van der Waals surface area (Å²) in [4.78, 5) is 19.2. The second-order valence-corrected chi connectivity index (χ2v) is 6.42. The van der Waals surface area contributed by atoms with Gasteiger partial charge in [-0.25, -0.2) is 4.98 Å². The maximum absolute atomic E-state index is 11.8. The SMILES string of the molecule is Cc1cc(=O)n2nc(CN3CC(C)OC(C)C3)sc2n1. The van der Waals surface area contributed by atoms with Crippen LogP contribution >= 0.6 is 11.3 Å². The van der Waals surface area contributed by atoms with Gasteiger partial charge in [0.2, 0.25) is 4.96 Å². The van der Waals surface area contributed by atoms with Crippen molar-refractivity contribution in [2.45, 2.75) is 39.5 Å². The minimum atomic E-state index is -0.112. The van der Waals surface area contributed by atoms with Crippen LogP contribution in [0.25, 0.3) is 4.96 Å². The molecule has 1 fully saturated rings. The number of hydrogen-bond acceptors (Lipinski definition) is 6. The number of nitrogens with zero attached hydrogens (tertiary/aromatic N) is 4. The fourth-order valence-corrected chi connectivity index (χ4v) is 3.62. The molecule has 20 heavy (non-hydrogen) atoms. The van der Waals surface area contributed by atoms with E-state index in [0.717, 1.165) is 30.3 Å². The zero-order valence-electron chi connectivity index (χ0n) is 11.9. The number of morpholine rings is 1. The Morgan fingerprint density at radius 1 is 1.40 bits per heavy atom. The molecule has 1 aliphatic rings. The van der Waals surface area contributed by atoms with Crippen LogP contribution in [-0.2, 0) is 11.3 Å². The van der Waals surface area contributed by atoms with E-state index in [9.17, 15) is 4.79 Å². The van der Waals surface area contributed by atoms with Crippen LogP contribution in [0.15, 0.2) is 10.9 Å². The summed E-state index contributed by atoms with van der Waals surface area (Å²) >= 11 is 1.48. The molecule has 2 unspecified atom stereocenters. The zero-order chi connectivity index (χ0) is 14.3. The minimum Gasteiger partial charge on any atom is -0.373 e. The molecule has 0 spiro atoms. The molecule has 0 aliphatic carbocycles. The van der Waals surface area contributed by atoms with Gasteiger partial charge in [-0.1, -0.05) is 11.3 Å². The van der Waals surface area contributed by atoms with E-state index in [1.165, 1.54) is 21.9 Å². The van der Waals surface area contributed by atoms with E-state index in [-0.39, 0.29) is 17.8 Å². The molecule has 0 bridgehead atoms. The van der Waals surface area contributed by atoms with E-state index in [1.54, 1.807) is 0 Å². The second-order valence-electron chi connectivity index (χ2n) is 5.38. The van der Waals surface area contributed by atoms with Crippen LogP contribution in [-0.4, -0.2) is 44.8 Å². The number of ether oxygens (including phenoxy) is 1. The quantitative estimate of drug-likeness (QED) is 0.829.